The number of rotatable bonds is 6. The summed E-state index contributed by atoms with van der Waals surface area (Å²) >= 11 is 6.17. The average molecular weight is 310 g/mol. The fourth-order valence-corrected chi connectivity index (χ4v) is 2.24. The molecule has 0 aromatic heterocycles. The normalized spacial score (nSPS) is 10.7. The first-order valence-electron chi connectivity index (χ1n) is 6.56. The standard InChI is InChI=1S/C16H17ClFNO2/c1-20-6-7-21-13-4-2-11(10-19)14(9-13)15-8-12(18)3-5-16(15)17/h2-5,8-9H,6-7,10,19H2,1H3. The Morgan fingerprint density at radius 3 is 2.62 bits per heavy atom. The third-order valence-corrected chi connectivity index (χ3v) is 3.41. The molecule has 2 N–H and O–H groups in total. The lowest BCUT2D eigenvalue weighted by molar-refractivity contribution is 0.146. The second kappa shape index (κ2) is 7.41. The number of hydrogen-bond acceptors (Lipinski definition) is 3. The van der Waals surface area contributed by atoms with E-state index in [1.165, 1.54) is 18.2 Å². The van der Waals surface area contributed by atoms with Crippen LogP contribution in [0.1, 0.15) is 5.56 Å². The SMILES string of the molecule is COCCOc1ccc(CN)c(-c2cc(F)ccc2Cl)c1. The summed E-state index contributed by atoms with van der Waals surface area (Å²) in [6.45, 7) is 1.27. The largest absolute Gasteiger partial charge is 0.491 e. The smallest absolute Gasteiger partial charge is 0.123 e. The van der Waals surface area contributed by atoms with Crippen LogP contribution in [0.3, 0.4) is 0 Å². The van der Waals surface area contributed by atoms with E-state index in [1.807, 2.05) is 18.2 Å². The molecule has 0 spiro atoms. The van der Waals surface area contributed by atoms with Gasteiger partial charge in [0.15, 0.2) is 0 Å². The Bertz CT molecular complexity index is 619. The van der Waals surface area contributed by atoms with Crippen molar-refractivity contribution in [2.45, 2.75) is 6.54 Å². The molecule has 21 heavy (non-hydrogen) atoms. The summed E-state index contributed by atoms with van der Waals surface area (Å²) in [5, 5.41) is 0.472. The maximum Gasteiger partial charge on any atom is 0.123 e. The van der Waals surface area contributed by atoms with E-state index >= 15 is 0 Å². The molecule has 2 aromatic carbocycles. The minimum Gasteiger partial charge on any atom is -0.491 e. The Kier molecular flexibility index (Phi) is 5.56. The van der Waals surface area contributed by atoms with E-state index in [9.17, 15) is 4.39 Å². The van der Waals surface area contributed by atoms with Crippen molar-refractivity contribution in [2.75, 3.05) is 20.3 Å². The molecule has 0 bridgehead atoms. The molecule has 0 aliphatic rings. The zero-order chi connectivity index (χ0) is 15.2. The average Bonchev–Trinajstić information content (AvgIpc) is 2.50. The van der Waals surface area contributed by atoms with E-state index in [2.05, 4.69) is 0 Å². The lowest BCUT2D eigenvalue weighted by Crippen LogP contribution is -2.05. The van der Waals surface area contributed by atoms with Crippen molar-refractivity contribution < 1.29 is 13.9 Å². The van der Waals surface area contributed by atoms with Crippen LogP contribution in [0.5, 0.6) is 5.75 Å². The molecule has 0 radical (unpaired) electrons. The number of benzene rings is 2. The van der Waals surface area contributed by atoms with Crippen LogP contribution >= 0.6 is 11.6 Å². The molecule has 0 unspecified atom stereocenters. The molecule has 0 amide bonds. The van der Waals surface area contributed by atoms with Gasteiger partial charge in [-0.3, -0.25) is 0 Å². The van der Waals surface area contributed by atoms with Crippen molar-refractivity contribution in [1.29, 1.82) is 0 Å². The summed E-state index contributed by atoms with van der Waals surface area (Å²) in [6, 6.07) is 9.76. The number of nitrogens with two attached hydrogens (primary N) is 1. The van der Waals surface area contributed by atoms with Gasteiger partial charge in [0.25, 0.3) is 0 Å². The molecular weight excluding hydrogens is 293 g/mol. The van der Waals surface area contributed by atoms with Crippen LogP contribution in [0.25, 0.3) is 11.1 Å². The Morgan fingerprint density at radius 1 is 1.10 bits per heavy atom. The van der Waals surface area contributed by atoms with Crippen LogP contribution in [-0.2, 0) is 11.3 Å². The zero-order valence-electron chi connectivity index (χ0n) is 11.7. The van der Waals surface area contributed by atoms with Gasteiger partial charge in [-0.2, -0.15) is 0 Å². The Balaban J connectivity index is 2.40. The summed E-state index contributed by atoms with van der Waals surface area (Å²) < 4.78 is 24.0. The van der Waals surface area contributed by atoms with Crippen molar-refractivity contribution >= 4 is 11.6 Å². The third-order valence-electron chi connectivity index (χ3n) is 3.08. The van der Waals surface area contributed by atoms with Crippen molar-refractivity contribution in [1.82, 2.24) is 0 Å². The Labute approximate surface area is 128 Å². The Morgan fingerprint density at radius 2 is 1.90 bits per heavy atom. The van der Waals surface area contributed by atoms with Crippen molar-refractivity contribution in [3.63, 3.8) is 0 Å². The van der Waals surface area contributed by atoms with Gasteiger partial charge in [-0.05, 0) is 41.5 Å². The molecule has 0 fully saturated rings. The summed E-state index contributed by atoms with van der Waals surface area (Å²) in [6.07, 6.45) is 0. The zero-order valence-corrected chi connectivity index (χ0v) is 12.5. The van der Waals surface area contributed by atoms with Gasteiger partial charge in [-0.1, -0.05) is 17.7 Å². The molecule has 0 aliphatic heterocycles. The van der Waals surface area contributed by atoms with Crippen molar-refractivity contribution in [3.8, 4) is 16.9 Å². The first-order chi connectivity index (χ1) is 10.2. The number of methoxy groups -OCH3 is 1. The monoisotopic (exact) mass is 309 g/mol. The number of ether oxygens (including phenoxy) is 2. The molecule has 112 valence electrons. The van der Waals surface area contributed by atoms with E-state index in [0.29, 0.717) is 36.1 Å². The highest BCUT2D eigenvalue weighted by molar-refractivity contribution is 6.33. The van der Waals surface area contributed by atoms with Crippen LogP contribution in [0.15, 0.2) is 36.4 Å². The fourth-order valence-electron chi connectivity index (χ4n) is 2.02. The van der Waals surface area contributed by atoms with Crippen LogP contribution in [0, 0.1) is 5.82 Å². The van der Waals surface area contributed by atoms with Crippen LogP contribution in [-0.4, -0.2) is 20.3 Å². The fraction of sp³-hybridized carbons (Fsp3) is 0.250. The summed E-state index contributed by atoms with van der Waals surface area (Å²) in [5.41, 5.74) is 8.01. The number of halogens is 2. The third kappa shape index (κ3) is 3.94. The van der Waals surface area contributed by atoms with Gasteiger partial charge in [-0.25, -0.2) is 4.39 Å². The topological polar surface area (TPSA) is 44.5 Å². The van der Waals surface area contributed by atoms with E-state index in [1.54, 1.807) is 7.11 Å². The van der Waals surface area contributed by atoms with Crippen LogP contribution in [0.4, 0.5) is 4.39 Å². The summed E-state index contributed by atoms with van der Waals surface area (Å²) in [7, 11) is 1.61. The lowest BCUT2D eigenvalue weighted by Gasteiger charge is -2.13. The van der Waals surface area contributed by atoms with E-state index in [0.717, 1.165) is 11.1 Å². The van der Waals surface area contributed by atoms with Gasteiger partial charge >= 0.3 is 0 Å². The molecule has 5 heteroatoms. The second-order valence-electron chi connectivity index (χ2n) is 4.49. The van der Waals surface area contributed by atoms with Crippen molar-refractivity contribution in [3.05, 3.63) is 52.8 Å². The first-order valence-corrected chi connectivity index (χ1v) is 6.93. The molecule has 0 atom stereocenters. The van der Waals surface area contributed by atoms with Gasteiger partial charge in [0.05, 0.1) is 6.61 Å². The Hall–Kier alpha value is -1.62. The van der Waals surface area contributed by atoms with Crippen LogP contribution in [0.2, 0.25) is 5.02 Å². The molecule has 0 heterocycles. The van der Waals surface area contributed by atoms with E-state index < -0.39 is 0 Å². The molecule has 0 saturated carbocycles. The van der Waals surface area contributed by atoms with Gasteiger partial charge < -0.3 is 15.2 Å². The molecular formula is C16H17ClFNO2. The first kappa shape index (κ1) is 15.8. The second-order valence-corrected chi connectivity index (χ2v) is 4.90. The molecule has 3 nitrogen and oxygen atoms in total. The van der Waals surface area contributed by atoms with E-state index in [4.69, 9.17) is 26.8 Å². The highest BCUT2D eigenvalue weighted by Gasteiger charge is 2.11. The lowest BCUT2D eigenvalue weighted by atomic mass is 9.99. The minimum absolute atomic E-state index is 0.334. The molecule has 2 aromatic rings. The predicted molar refractivity (Wildman–Crippen MR) is 82.1 cm³/mol. The molecule has 0 aliphatic carbocycles. The van der Waals surface area contributed by atoms with Gasteiger partial charge in [0.1, 0.15) is 18.2 Å². The maximum absolute atomic E-state index is 13.5. The minimum atomic E-state index is -0.344. The highest BCUT2D eigenvalue weighted by Crippen LogP contribution is 2.33. The predicted octanol–water partition coefficient (Wildman–Crippen LogP) is 3.63. The summed E-state index contributed by atoms with van der Waals surface area (Å²) in [4.78, 5) is 0. The van der Waals surface area contributed by atoms with Gasteiger partial charge in [0, 0.05) is 24.2 Å². The van der Waals surface area contributed by atoms with Gasteiger partial charge in [0.2, 0.25) is 0 Å². The summed E-state index contributed by atoms with van der Waals surface area (Å²) in [5.74, 6) is 0.322. The van der Waals surface area contributed by atoms with Crippen molar-refractivity contribution in [2.24, 2.45) is 5.73 Å². The highest BCUT2D eigenvalue weighted by atomic mass is 35.5. The molecule has 2 rings (SSSR count). The van der Waals surface area contributed by atoms with Crippen LogP contribution < -0.4 is 10.5 Å². The maximum atomic E-state index is 13.5. The van der Waals surface area contributed by atoms with Gasteiger partial charge in [-0.15, -0.1) is 0 Å². The molecule has 0 saturated heterocycles. The number of hydrogen-bond donors (Lipinski definition) is 1. The van der Waals surface area contributed by atoms with E-state index in [-0.39, 0.29) is 5.82 Å². The quantitative estimate of drug-likeness (QED) is 0.829.